The summed E-state index contributed by atoms with van der Waals surface area (Å²) in [5.74, 6) is 0. The number of hydrogen-bond donors (Lipinski definition) is 1. The lowest BCUT2D eigenvalue weighted by atomic mass is 10.2. The van der Waals surface area contributed by atoms with Gasteiger partial charge in [-0.15, -0.1) is 0 Å². The highest BCUT2D eigenvalue weighted by Gasteiger charge is 2.16. The van der Waals surface area contributed by atoms with Crippen molar-refractivity contribution in [3.8, 4) is 0 Å². The van der Waals surface area contributed by atoms with Crippen molar-refractivity contribution >= 4 is 34.2 Å². The number of pyridine rings is 1. The van der Waals surface area contributed by atoms with Gasteiger partial charge in [-0.25, -0.2) is 8.78 Å². The predicted molar refractivity (Wildman–Crippen MR) is 52.8 cm³/mol. The van der Waals surface area contributed by atoms with E-state index in [1.807, 2.05) is 0 Å². The lowest BCUT2D eigenvalue weighted by Crippen LogP contribution is -1.98. The summed E-state index contributed by atoms with van der Waals surface area (Å²) in [6, 6.07) is 0. The third-order valence-corrected chi connectivity index (χ3v) is 3.33. The van der Waals surface area contributed by atoms with Gasteiger partial charge >= 0.3 is 0 Å². The van der Waals surface area contributed by atoms with E-state index in [4.69, 9.17) is 16.7 Å². The molecule has 0 spiro atoms. The maximum Gasteiger partial charge on any atom is 0.266 e. The topological polar surface area (TPSA) is 33.1 Å². The van der Waals surface area contributed by atoms with Crippen LogP contribution in [0.2, 0.25) is 5.02 Å². The number of rotatable bonds is 2. The van der Waals surface area contributed by atoms with E-state index in [0.717, 1.165) is 6.20 Å². The summed E-state index contributed by atoms with van der Waals surface area (Å²) in [6.45, 7) is -0.304. The largest absolute Gasteiger partial charge is 0.390 e. The van der Waals surface area contributed by atoms with Gasteiger partial charge < -0.3 is 5.11 Å². The van der Waals surface area contributed by atoms with Crippen molar-refractivity contribution in [2.45, 2.75) is 13.0 Å². The molecule has 0 fully saturated rings. The molecule has 1 rings (SSSR count). The van der Waals surface area contributed by atoms with E-state index in [1.54, 1.807) is 22.6 Å². The summed E-state index contributed by atoms with van der Waals surface area (Å²) in [7, 11) is 0. The predicted octanol–water partition coefficient (Wildman–Crippen LogP) is 2.77. The molecule has 1 aromatic heterocycles. The van der Waals surface area contributed by atoms with Gasteiger partial charge in [-0.3, -0.25) is 4.98 Å². The average molecular weight is 319 g/mol. The third-order valence-electron chi connectivity index (χ3n) is 1.44. The molecule has 1 aromatic rings. The summed E-state index contributed by atoms with van der Waals surface area (Å²) in [5.41, 5.74) is 0.0123. The Morgan fingerprint density at radius 3 is 2.69 bits per heavy atom. The van der Waals surface area contributed by atoms with E-state index < -0.39 is 6.43 Å². The molecule has 13 heavy (non-hydrogen) atoms. The van der Waals surface area contributed by atoms with Crippen LogP contribution >= 0.6 is 34.2 Å². The Bertz CT molecular complexity index is 322. The monoisotopic (exact) mass is 319 g/mol. The maximum atomic E-state index is 12.3. The molecule has 0 aliphatic carbocycles. The van der Waals surface area contributed by atoms with E-state index in [9.17, 15) is 8.78 Å². The second-order valence-electron chi connectivity index (χ2n) is 2.25. The van der Waals surface area contributed by atoms with Crippen LogP contribution in [-0.4, -0.2) is 10.1 Å². The Morgan fingerprint density at radius 1 is 1.62 bits per heavy atom. The number of hydrogen-bond acceptors (Lipinski definition) is 2. The lowest BCUT2D eigenvalue weighted by molar-refractivity contribution is 0.151. The first-order valence-corrected chi connectivity index (χ1v) is 4.75. The zero-order valence-electron chi connectivity index (χ0n) is 6.27. The highest BCUT2D eigenvalue weighted by atomic mass is 127. The van der Waals surface area contributed by atoms with Gasteiger partial charge in [-0.2, -0.15) is 0 Å². The van der Waals surface area contributed by atoms with Gasteiger partial charge in [-0.1, -0.05) is 11.6 Å². The standard InChI is InChI=1S/C7H5ClF2INO/c8-5-3(7(9)10)1-12-4(2-13)6(5)11/h1,7,13H,2H2. The number of nitrogens with zero attached hydrogens (tertiary/aromatic N) is 1. The van der Waals surface area contributed by atoms with Crippen molar-refractivity contribution in [1.82, 2.24) is 4.98 Å². The average Bonchev–Trinajstić information content (AvgIpc) is 2.09. The fraction of sp³-hybridized carbons (Fsp3) is 0.286. The van der Waals surface area contributed by atoms with E-state index in [1.165, 1.54) is 0 Å². The number of aliphatic hydroxyl groups is 1. The van der Waals surface area contributed by atoms with Crippen LogP contribution in [0.15, 0.2) is 6.20 Å². The Balaban J connectivity index is 3.23. The Hall–Kier alpha value is -0.0100. The molecule has 0 aliphatic rings. The van der Waals surface area contributed by atoms with Crippen LogP contribution in [0.3, 0.4) is 0 Å². The first kappa shape index (κ1) is 11.1. The van der Waals surface area contributed by atoms with E-state index in [-0.39, 0.29) is 17.2 Å². The fourth-order valence-corrected chi connectivity index (χ4v) is 1.64. The van der Waals surface area contributed by atoms with Crippen molar-refractivity contribution in [3.05, 3.63) is 26.0 Å². The molecule has 0 aliphatic heterocycles. The summed E-state index contributed by atoms with van der Waals surface area (Å²) < 4.78 is 24.9. The summed E-state index contributed by atoms with van der Waals surface area (Å²) >= 11 is 7.41. The van der Waals surface area contributed by atoms with Crippen LogP contribution in [-0.2, 0) is 6.61 Å². The smallest absolute Gasteiger partial charge is 0.266 e. The van der Waals surface area contributed by atoms with Crippen molar-refractivity contribution in [1.29, 1.82) is 0 Å². The number of aromatic nitrogens is 1. The van der Waals surface area contributed by atoms with E-state index in [2.05, 4.69) is 4.98 Å². The normalized spacial score (nSPS) is 10.9. The quantitative estimate of drug-likeness (QED) is 0.850. The summed E-state index contributed by atoms with van der Waals surface area (Å²) in [6.07, 6.45) is -1.65. The van der Waals surface area contributed by atoms with Gasteiger partial charge in [0.05, 0.1) is 26.5 Å². The van der Waals surface area contributed by atoms with Crippen molar-refractivity contribution < 1.29 is 13.9 Å². The van der Waals surface area contributed by atoms with Crippen molar-refractivity contribution in [3.63, 3.8) is 0 Å². The van der Waals surface area contributed by atoms with Gasteiger partial charge in [0.15, 0.2) is 0 Å². The Kier molecular flexibility index (Phi) is 3.81. The molecule has 0 saturated carbocycles. The number of halogens is 4. The van der Waals surface area contributed by atoms with Crippen LogP contribution < -0.4 is 0 Å². The molecule has 0 amide bonds. The molecule has 0 unspecified atom stereocenters. The number of aliphatic hydroxyl groups excluding tert-OH is 1. The van der Waals surface area contributed by atoms with Crippen molar-refractivity contribution in [2.24, 2.45) is 0 Å². The molecule has 1 N–H and O–H groups in total. The summed E-state index contributed by atoms with van der Waals surface area (Å²) in [5, 5.41) is 8.73. The van der Waals surface area contributed by atoms with E-state index >= 15 is 0 Å². The van der Waals surface area contributed by atoms with Crippen LogP contribution in [0.5, 0.6) is 0 Å². The molecule has 0 aromatic carbocycles. The molecule has 2 nitrogen and oxygen atoms in total. The Morgan fingerprint density at radius 2 is 2.23 bits per heavy atom. The molecular weight excluding hydrogens is 314 g/mol. The van der Waals surface area contributed by atoms with Gasteiger partial charge in [0.25, 0.3) is 6.43 Å². The molecule has 0 radical (unpaired) electrons. The molecule has 6 heteroatoms. The highest BCUT2D eigenvalue weighted by molar-refractivity contribution is 14.1. The van der Waals surface area contributed by atoms with Crippen LogP contribution in [0.4, 0.5) is 8.78 Å². The van der Waals surface area contributed by atoms with E-state index in [0.29, 0.717) is 9.26 Å². The Labute approximate surface area is 92.1 Å². The van der Waals surface area contributed by atoms with Gasteiger partial charge in [0.2, 0.25) is 0 Å². The minimum atomic E-state index is -2.64. The minimum Gasteiger partial charge on any atom is -0.390 e. The molecular formula is C7H5ClF2INO. The first-order valence-electron chi connectivity index (χ1n) is 3.29. The second-order valence-corrected chi connectivity index (χ2v) is 3.70. The van der Waals surface area contributed by atoms with Crippen molar-refractivity contribution in [2.75, 3.05) is 0 Å². The molecule has 0 bridgehead atoms. The minimum absolute atomic E-state index is 0.0327. The van der Waals surface area contributed by atoms with Gasteiger partial charge in [0.1, 0.15) is 0 Å². The molecule has 0 saturated heterocycles. The van der Waals surface area contributed by atoms with Crippen LogP contribution in [0.25, 0.3) is 0 Å². The number of alkyl halides is 2. The highest BCUT2D eigenvalue weighted by Crippen LogP contribution is 2.31. The maximum absolute atomic E-state index is 12.3. The van der Waals surface area contributed by atoms with Crippen LogP contribution in [0.1, 0.15) is 17.7 Å². The van der Waals surface area contributed by atoms with Gasteiger partial charge in [-0.05, 0) is 22.6 Å². The lowest BCUT2D eigenvalue weighted by Gasteiger charge is -2.06. The van der Waals surface area contributed by atoms with Gasteiger partial charge in [0, 0.05) is 6.20 Å². The molecule has 72 valence electrons. The van der Waals surface area contributed by atoms with Crippen LogP contribution in [0, 0.1) is 3.57 Å². The SMILES string of the molecule is OCc1ncc(C(F)F)c(Cl)c1I. The summed E-state index contributed by atoms with van der Waals surface area (Å²) in [4.78, 5) is 3.66. The molecule has 0 atom stereocenters. The zero-order chi connectivity index (χ0) is 10.0. The fourth-order valence-electron chi connectivity index (χ4n) is 0.777. The molecule has 1 heterocycles. The first-order chi connectivity index (χ1) is 6.07. The third kappa shape index (κ3) is 2.26. The zero-order valence-corrected chi connectivity index (χ0v) is 9.18. The second kappa shape index (κ2) is 4.47.